The van der Waals surface area contributed by atoms with Crippen molar-refractivity contribution in [1.82, 2.24) is 15.1 Å². The van der Waals surface area contributed by atoms with Gasteiger partial charge in [-0.1, -0.05) is 36.4 Å². The molecule has 3 aliphatic rings. The molecule has 55 heavy (non-hydrogen) atoms. The summed E-state index contributed by atoms with van der Waals surface area (Å²) in [5.41, 5.74) is 2.56. The molecular formula is C40H40BrF4N3O7. The molecule has 0 aromatic heterocycles. The van der Waals surface area contributed by atoms with Gasteiger partial charge in [0, 0.05) is 43.4 Å². The summed E-state index contributed by atoms with van der Waals surface area (Å²) in [5.74, 6) is -1.97. The Morgan fingerprint density at radius 3 is 2.47 bits per heavy atom. The van der Waals surface area contributed by atoms with E-state index < -0.39 is 48.0 Å². The van der Waals surface area contributed by atoms with Crippen LogP contribution in [0, 0.1) is 5.82 Å². The Kier molecular flexibility index (Phi) is 12.6. The summed E-state index contributed by atoms with van der Waals surface area (Å²) < 4.78 is 65.7. The maximum Gasteiger partial charge on any atom is 0.416 e. The minimum Gasteiger partial charge on any atom is -0.492 e. The van der Waals surface area contributed by atoms with Gasteiger partial charge in [0.25, 0.3) is 12.4 Å². The highest BCUT2D eigenvalue weighted by Crippen LogP contribution is 2.38. The second-order valence-electron chi connectivity index (χ2n) is 14.1. The molecule has 1 saturated carbocycles. The number of piperazine rings is 1. The predicted molar refractivity (Wildman–Crippen MR) is 196 cm³/mol. The SMILES string of the molecule is O=CO[C@H](CC(=O)O)CC(=O)N1C[C@H]2CC(c3ccc(CCCOc4cc(F)ccc4Br)cc3)=C(C(=O)N(Cc3cccc(C(F)(F)F)c3)C3CC3)[C@@H](C1)N2. The van der Waals surface area contributed by atoms with Gasteiger partial charge in [-0.3, -0.25) is 19.2 Å². The normalized spacial score (nSPS) is 18.7. The molecule has 2 heterocycles. The van der Waals surface area contributed by atoms with Crippen molar-refractivity contribution in [3.63, 3.8) is 0 Å². The molecule has 15 heteroatoms. The van der Waals surface area contributed by atoms with Crippen molar-refractivity contribution in [3.05, 3.63) is 105 Å². The van der Waals surface area contributed by atoms with Crippen LogP contribution in [0.25, 0.3) is 5.57 Å². The lowest BCUT2D eigenvalue weighted by atomic mass is 9.82. The number of amides is 2. The smallest absolute Gasteiger partial charge is 0.416 e. The van der Waals surface area contributed by atoms with Crippen LogP contribution in [0.1, 0.15) is 60.8 Å². The first-order valence-electron chi connectivity index (χ1n) is 18.0. The van der Waals surface area contributed by atoms with Crippen LogP contribution in [-0.2, 0) is 43.1 Å². The quantitative estimate of drug-likeness (QED) is 0.0948. The predicted octanol–water partition coefficient (Wildman–Crippen LogP) is 6.54. The first-order valence-corrected chi connectivity index (χ1v) is 18.8. The summed E-state index contributed by atoms with van der Waals surface area (Å²) in [6.45, 7) is 0.774. The highest BCUT2D eigenvalue weighted by Gasteiger charge is 2.44. The third-order valence-corrected chi connectivity index (χ3v) is 10.6. The van der Waals surface area contributed by atoms with Gasteiger partial charge in [-0.15, -0.1) is 0 Å². The molecule has 1 aliphatic carbocycles. The van der Waals surface area contributed by atoms with Crippen LogP contribution in [0.15, 0.2) is 76.8 Å². The minimum absolute atomic E-state index is 0.0316. The summed E-state index contributed by atoms with van der Waals surface area (Å²) in [7, 11) is 0. The summed E-state index contributed by atoms with van der Waals surface area (Å²) >= 11 is 3.36. The van der Waals surface area contributed by atoms with Gasteiger partial charge in [0.05, 0.1) is 35.5 Å². The van der Waals surface area contributed by atoms with Crippen LogP contribution in [0.2, 0.25) is 0 Å². The first-order chi connectivity index (χ1) is 26.3. The van der Waals surface area contributed by atoms with E-state index >= 15 is 0 Å². The lowest BCUT2D eigenvalue weighted by Crippen LogP contribution is -2.62. The van der Waals surface area contributed by atoms with Crippen LogP contribution in [0.3, 0.4) is 0 Å². The van der Waals surface area contributed by atoms with Crippen molar-refractivity contribution < 1.29 is 51.3 Å². The number of carboxylic acid groups (broad SMARTS) is 1. The number of carboxylic acids is 1. The number of carbonyl (C=O) groups is 4. The molecule has 1 saturated heterocycles. The van der Waals surface area contributed by atoms with Crippen molar-refractivity contribution in [2.75, 3.05) is 19.7 Å². The number of nitrogens with one attached hydrogen (secondary N) is 1. The van der Waals surface area contributed by atoms with E-state index in [0.717, 1.165) is 28.8 Å². The summed E-state index contributed by atoms with van der Waals surface area (Å²) in [4.78, 5) is 53.7. The lowest BCUT2D eigenvalue weighted by molar-refractivity contribution is -0.147. The number of alkyl halides is 3. The monoisotopic (exact) mass is 829 g/mol. The molecule has 3 atom stereocenters. The molecule has 2 N–H and O–H groups in total. The second-order valence-corrected chi connectivity index (χ2v) is 14.9. The van der Waals surface area contributed by atoms with Crippen molar-refractivity contribution in [2.24, 2.45) is 0 Å². The van der Waals surface area contributed by atoms with Crippen molar-refractivity contribution >= 4 is 45.8 Å². The number of fused-ring (bicyclic) bond motifs is 2. The molecule has 0 spiro atoms. The van der Waals surface area contributed by atoms with Crippen molar-refractivity contribution in [1.29, 1.82) is 0 Å². The molecule has 2 amide bonds. The molecule has 292 valence electrons. The molecule has 0 unspecified atom stereocenters. The van der Waals surface area contributed by atoms with E-state index in [1.54, 1.807) is 21.9 Å². The second kappa shape index (κ2) is 17.4. The Labute approximate surface area is 323 Å². The number of hydrogen-bond acceptors (Lipinski definition) is 7. The highest BCUT2D eigenvalue weighted by molar-refractivity contribution is 9.10. The Hall–Kier alpha value is -4.76. The van der Waals surface area contributed by atoms with Gasteiger partial charge in [-0.2, -0.15) is 13.2 Å². The minimum atomic E-state index is -4.54. The fourth-order valence-electron chi connectivity index (χ4n) is 7.21. The molecular weight excluding hydrogens is 790 g/mol. The average molecular weight is 831 g/mol. The number of benzene rings is 3. The third-order valence-electron chi connectivity index (χ3n) is 9.96. The average Bonchev–Trinajstić information content (AvgIpc) is 3.99. The van der Waals surface area contributed by atoms with Crippen LogP contribution < -0.4 is 10.1 Å². The molecule has 3 aromatic rings. The van der Waals surface area contributed by atoms with E-state index in [-0.39, 0.29) is 50.5 Å². The van der Waals surface area contributed by atoms with Crippen LogP contribution >= 0.6 is 15.9 Å². The summed E-state index contributed by atoms with van der Waals surface area (Å²) in [5, 5.41) is 12.7. The van der Waals surface area contributed by atoms with E-state index in [1.807, 2.05) is 24.3 Å². The lowest BCUT2D eigenvalue weighted by Gasteiger charge is -2.45. The van der Waals surface area contributed by atoms with E-state index in [1.165, 1.54) is 18.2 Å². The maximum absolute atomic E-state index is 14.8. The van der Waals surface area contributed by atoms with Crippen molar-refractivity contribution in [2.45, 2.75) is 81.9 Å². The molecule has 6 rings (SSSR count). The fourth-order valence-corrected chi connectivity index (χ4v) is 7.57. The zero-order valence-electron chi connectivity index (χ0n) is 29.7. The van der Waals surface area contributed by atoms with Gasteiger partial charge < -0.3 is 29.7 Å². The van der Waals surface area contributed by atoms with Gasteiger partial charge in [0.15, 0.2) is 0 Å². The van der Waals surface area contributed by atoms with Crippen LogP contribution in [-0.4, -0.2) is 83.1 Å². The number of rotatable bonds is 16. The number of nitrogens with zero attached hydrogens (tertiary/aromatic N) is 2. The summed E-state index contributed by atoms with van der Waals surface area (Å²) in [6.07, 6.45) is -3.49. The molecule has 2 bridgehead atoms. The largest absolute Gasteiger partial charge is 0.492 e. The standard InChI is InChI=1S/C40H40BrF4N3O7/c41-33-13-10-28(42)16-35(33)54-14-2-4-24-6-8-26(9-7-24)32-17-29-21-47(36(50)18-31(55-23-49)19-37(51)52)22-34(46-29)38(32)39(53)48(30-11-12-30)20-25-3-1-5-27(15-25)40(43,44)45/h1,3,5-10,13,15-16,23,29-31,34,46H,2,4,11-12,14,17-22H2,(H,51,52)/t29-,31+,34-/m1/s1. The number of halogens is 5. The molecule has 2 fully saturated rings. The van der Waals surface area contributed by atoms with Gasteiger partial charge in [-0.05, 0) is 94.6 Å². The molecule has 10 nitrogen and oxygen atoms in total. The Balaban J connectivity index is 1.25. The van der Waals surface area contributed by atoms with E-state index in [2.05, 4.69) is 21.2 Å². The molecule has 3 aromatic carbocycles. The van der Waals surface area contributed by atoms with Gasteiger partial charge in [-0.25, -0.2) is 4.39 Å². The Morgan fingerprint density at radius 2 is 1.78 bits per heavy atom. The van der Waals surface area contributed by atoms with Gasteiger partial charge >= 0.3 is 12.1 Å². The molecule has 0 radical (unpaired) electrons. The summed E-state index contributed by atoms with van der Waals surface area (Å²) in [6, 6.07) is 15.9. The topological polar surface area (TPSA) is 125 Å². The fraction of sp³-hybridized carbons (Fsp3) is 0.400. The third kappa shape index (κ3) is 10.3. The number of carbonyl (C=O) groups excluding carboxylic acids is 3. The zero-order valence-corrected chi connectivity index (χ0v) is 31.3. The first kappa shape index (κ1) is 39.9. The number of hydrogen-bond donors (Lipinski definition) is 2. The van der Waals surface area contributed by atoms with Gasteiger partial charge in [0.1, 0.15) is 17.7 Å². The van der Waals surface area contributed by atoms with Crippen LogP contribution in [0.4, 0.5) is 17.6 Å². The molecule has 2 aliphatic heterocycles. The maximum atomic E-state index is 14.8. The number of ether oxygens (including phenoxy) is 2. The van der Waals surface area contributed by atoms with Crippen LogP contribution in [0.5, 0.6) is 5.75 Å². The Bertz CT molecular complexity index is 1940. The van der Waals surface area contributed by atoms with Gasteiger partial charge in [0.2, 0.25) is 5.91 Å². The van der Waals surface area contributed by atoms with E-state index in [0.29, 0.717) is 60.1 Å². The van der Waals surface area contributed by atoms with E-state index in [4.69, 9.17) is 9.47 Å². The Morgan fingerprint density at radius 1 is 1.02 bits per heavy atom. The highest BCUT2D eigenvalue weighted by atomic mass is 79.9. The van der Waals surface area contributed by atoms with Crippen molar-refractivity contribution in [3.8, 4) is 5.75 Å². The zero-order chi connectivity index (χ0) is 39.3. The number of aryl methyl sites for hydroxylation is 1. The van der Waals surface area contributed by atoms with E-state index in [9.17, 15) is 41.8 Å². The number of aliphatic carboxylic acids is 1.